The minimum Gasteiger partial charge on any atom is -0.361 e. The highest BCUT2D eigenvalue weighted by Gasteiger charge is 2.46. The van der Waals surface area contributed by atoms with E-state index in [9.17, 15) is 5.11 Å². The zero-order valence-electron chi connectivity index (χ0n) is 10.3. The molecule has 0 spiro atoms. The second-order valence-corrected chi connectivity index (χ2v) is 4.73. The first-order valence-corrected chi connectivity index (χ1v) is 6.16. The molecule has 0 saturated heterocycles. The molecule has 0 bridgehead atoms. The number of benzene rings is 2. The quantitative estimate of drug-likeness (QED) is 0.818. The summed E-state index contributed by atoms with van der Waals surface area (Å²) >= 11 is 0. The number of rotatable bonds is 2. The SMILES string of the molecule is COC1(O)c2ccccc2CC1c1ccccc1. The zero-order chi connectivity index (χ0) is 12.6. The van der Waals surface area contributed by atoms with Gasteiger partial charge in [-0.25, -0.2) is 0 Å². The molecule has 0 radical (unpaired) electrons. The van der Waals surface area contributed by atoms with Crippen LogP contribution in [0.25, 0.3) is 0 Å². The van der Waals surface area contributed by atoms with Crippen LogP contribution in [0.2, 0.25) is 0 Å². The van der Waals surface area contributed by atoms with E-state index in [2.05, 4.69) is 6.07 Å². The molecule has 2 aromatic rings. The molecule has 0 saturated carbocycles. The van der Waals surface area contributed by atoms with Crippen LogP contribution in [0.5, 0.6) is 0 Å². The van der Waals surface area contributed by atoms with Crippen molar-refractivity contribution in [2.75, 3.05) is 7.11 Å². The summed E-state index contributed by atoms with van der Waals surface area (Å²) in [4.78, 5) is 0. The van der Waals surface area contributed by atoms with E-state index in [1.54, 1.807) is 7.11 Å². The molecule has 1 N–H and O–H groups in total. The fourth-order valence-electron chi connectivity index (χ4n) is 2.88. The van der Waals surface area contributed by atoms with Crippen LogP contribution in [-0.4, -0.2) is 12.2 Å². The highest BCUT2D eigenvalue weighted by atomic mass is 16.6. The van der Waals surface area contributed by atoms with Gasteiger partial charge in [-0.3, -0.25) is 0 Å². The Morgan fingerprint density at radius 1 is 1.06 bits per heavy atom. The maximum atomic E-state index is 10.8. The molecule has 2 aromatic carbocycles. The summed E-state index contributed by atoms with van der Waals surface area (Å²) < 4.78 is 5.45. The van der Waals surface area contributed by atoms with E-state index in [1.165, 1.54) is 0 Å². The smallest absolute Gasteiger partial charge is 0.199 e. The third-order valence-corrected chi connectivity index (χ3v) is 3.81. The molecule has 2 unspecified atom stereocenters. The first-order valence-electron chi connectivity index (χ1n) is 6.16. The van der Waals surface area contributed by atoms with E-state index < -0.39 is 5.79 Å². The minimum atomic E-state index is -1.21. The van der Waals surface area contributed by atoms with Gasteiger partial charge in [-0.2, -0.15) is 0 Å². The summed E-state index contributed by atoms with van der Waals surface area (Å²) in [6, 6.07) is 18.0. The molecular weight excluding hydrogens is 224 g/mol. The number of aliphatic hydroxyl groups is 1. The second-order valence-electron chi connectivity index (χ2n) is 4.73. The molecular formula is C16H16O2. The Bertz CT molecular complexity index is 550. The van der Waals surface area contributed by atoms with E-state index in [4.69, 9.17) is 4.74 Å². The third-order valence-electron chi connectivity index (χ3n) is 3.81. The average molecular weight is 240 g/mol. The van der Waals surface area contributed by atoms with Gasteiger partial charge < -0.3 is 9.84 Å². The number of methoxy groups -OCH3 is 1. The first-order chi connectivity index (χ1) is 8.75. The lowest BCUT2D eigenvalue weighted by Gasteiger charge is -2.29. The largest absolute Gasteiger partial charge is 0.361 e. The van der Waals surface area contributed by atoms with Crippen molar-refractivity contribution in [2.24, 2.45) is 0 Å². The van der Waals surface area contributed by atoms with Gasteiger partial charge in [-0.1, -0.05) is 54.6 Å². The highest BCUT2D eigenvalue weighted by Crippen LogP contribution is 2.47. The second kappa shape index (κ2) is 4.23. The van der Waals surface area contributed by atoms with E-state index in [1.807, 2.05) is 48.5 Å². The summed E-state index contributed by atoms with van der Waals surface area (Å²) in [6.07, 6.45) is 0.810. The van der Waals surface area contributed by atoms with Crippen LogP contribution in [0.1, 0.15) is 22.6 Å². The Hall–Kier alpha value is -1.64. The lowest BCUT2D eigenvalue weighted by molar-refractivity contribution is -0.204. The van der Waals surface area contributed by atoms with Crippen LogP contribution >= 0.6 is 0 Å². The molecule has 0 aliphatic heterocycles. The van der Waals surface area contributed by atoms with Crippen molar-refractivity contribution in [1.82, 2.24) is 0 Å². The molecule has 0 fully saturated rings. The van der Waals surface area contributed by atoms with Crippen LogP contribution in [0, 0.1) is 0 Å². The van der Waals surface area contributed by atoms with Crippen molar-refractivity contribution in [2.45, 2.75) is 18.1 Å². The standard InChI is InChI=1S/C16H16O2/c1-18-16(17)14-10-6-5-9-13(14)11-15(16)12-7-3-2-4-8-12/h2-10,15,17H,11H2,1H3. The van der Waals surface area contributed by atoms with Crippen LogP contribution in [0.15, 0.2) is 54.6 Å². The van der Waals surface area contributed by atoms with Gasteiger partial charge in [0.2, 0.25) is 0 Å². The monoisotopic (exact) mass is 240 g/mol. The highest BCUT2D eigenvalue weighted by molar-refractivity contribution is 5.42. The van der Waals surface area contributed by atoms with Gasteiger partial charge >= 0.3 is 0 Å². The molecule has 0 heterocycles. The van der Waals surface area contributed by atoms with E-state index in [-0.39, 0.29) is 5.92 Å². The van der Waals surface area contributed by atoms with Gasteiger partial charge in [0, 0.05) is 18.6 Å². The van der Waals surface area contributed by atoms with Crippen molar-refractivity contribution in [3.8, 4) is 0 Å². The number of hydrogen-bond acceptors (Lipinski definition) is 2. The summed E-state index contributed by atoms with van der Waals surface area (Å²) in [6.45, 7) is 0. The molecule has 92 valence electrons. The Kier molecular flexibility index (Phi) is 2.69. The molecule has 18 heavy (non-hydrogen) atoms. The topological polar surface area (TPSA) is 29.5 Å². The van der Waals surface area contributed by atoms with Crippen LogP contribution in [0.4, 0.5) is 0 Å². The van der Waals surface area contributed by atoms with Gasteiger partial charge in [0.25, 0.3) is 0 Å². The maximum Gasteiger partial charge on any atom is 0.199 e. The summed E-state index contributed by atoms with van der Waals surface area (Å²) in [5.74, 6) is -1.25. The van der Waals surface area contributed by atoms with Crippen molar-refractivity contribution in [3.63, 3.8) is 0 Å². The van der Waals surface area contributed by atoms with E-state index >= 15 is 0 Å². The Morgan fingerprint density at radius 3 is 2.44 bits per heavy atom. The molecule has 2 heteroatoms. The van der Waals surface area contributed by atoms with Gasteiger partial charge in [0.15, 0.2) is 5.79 Å². The van der Waals surface area contributed by atoms with Crippen LogP contribution in [-0.2, 0) is 16.9 Å². The van der Waals surface area contributed by atoms with Gasteiger partial charge in [0.1, 0.15) is 0 Å². The lowest BCUT2D eigenvalue weighted by atomic mass is 9.91. The molecule has 0 aromatic heterocycles. The molecule has 3 rings (SSSR count). The Labute approximate surface area is 107 Å². The summed E-state index contributed by atoms with van der Waals surface area (Å²) in [5, 5.41) is 10.8. The van der Waals surface area contributed by atoms with Gasteiger partial charge in [0.05, 0.1) is 0 Å². The van der Waals surface area contributed by atoms with E-state index in [0.717, 1.165) is 23.1 Å². The number of hydrogen-bond donors (Lipinski definition) is 1. The van der Waals surface area contributed by atoms with E-state index in [0.29, 0.717) is 0 Å². The Balaban J connectivity index is 2.10. The summed E-state index contributed by atoms with van der Waals surface area (Å²) in [7, 11) is 1.57. The molecule has 1 aliphatic rings. The molecule has 1 aliphatic carbocycles. The van der Waals surface area contributed by atoms with Gasteiger partial charge in [-0.05, 0) is 17.5 Å². The van der Waals surface area contributed by atoms with Crippen LogP contribution in [0.3, 0.4) is 0 Å². The molecule has 2 atom stereocenters. The molecule has 0 amide bonds. The average Bonchev–Trinajstić information content (AvgIpc) is 2.74. The number of fused-ring (bicyclic) bond motifs is 1. The maximum absolute atomic E-state index is 10.8. The van der Waals surface area contributed by atoms with Gasteiger partial charge in [-0.15, -0.1) is 0 Å². The summed E-state index contributed by atoms with van der Waals surface area (Å²) in [5.41, 5.74) is 3.16. The predicted molar refractivity (Wildman–Crippen MR) is 70.2 cm³/mol. The zero-order valence-corrected chi connectivity index (χ0v) is 10.3. The minimum absolute atomic E-state index is 0.0406. The fraction of sp³-hybridized carbons (Fsp3) is 0.250. The van der Waals surface area contributed by atoms with Crippen molar-refractivity contribution < 1.29 is 9.84 Å². The van der Waals surface area contributed by atoms with Crippen molar-refractivity contribution >= 4 is 0 Å². The normalized spacial score (nSPS) is 26.0. The molecule has 2 nitrogen and oxygen atoms in total. The number of ether oxygens (including phenoxy) is 1. The Morgan fingerprint density at radius 2 is 1.72 bits per heavy atom. The fourth-order valence-corrected chi connectivity index (χ4v) is 2.88. The van der Waals surface area contributed by atoms with Crippen molar-refractivity contribution in [1.29, 1.82) is 0 Å². The predicted octanol–water partition coefficient (Wildman–Crippen LogP) is 2.82. The third kappa shape index (κ3) is 1.57. The van der Waals surface area contributed by atoms with Crippen LogP contribution < -0.4 is 0 Å². The van der Waals surface area contributed by atoms with Crippen molar-refractivity contribution in [3.05, 3.63) is 71.3 Å². The first kappa shape index (κ1) is 11.5. The lowest BCUT2D eigenvalue weighted by Crippen LogP contribution is -2.32.